The quantitative estimate of drug-likeness (QED) is 0.782. The Labute approximate surface area is 136 Å². The lowest BCUT2D eigenvalue weighted by molar-refractivity contribution is -0.141. The molecule has 7 heteroatoms. The van der Waals surface area contributed by atoms with Crippen molar-refractivity contribution in [1.29, 1.82) is 0 Å². The fourth-order valence-electron chi connectivity index (χ4n) is 3.80. The summed E-state index contributed by atoms with van der Waals surface area (Å²) in [6.45, 7) is 0.742. The van der Waals surface area contributed by atoms with Gasteiger partial charge in [0, 0.05) is 39.1 Å². The molecular weight excluding hydrogens is 298 g/mol. The SMILES string of the molecule is CN(C(=O)CN1C(=O)NC2(CCOCC2)C1=O)C1CCCCC1. The molecule has 2 aliphatic heterocycles. The summed E-state index contributed by atoms with van der Waals surface area (Å²) in [5.74, 6) is -0.444. The molecule has 3 aliphatic rings. The summed E-state index contributed by atoms with van der Waals surface area (Å²) >= 11 is 0. The molecule has 1 saturated carbocycles. The molecule has 0 radical (unpaired) electrons. The molecule has 0 aromatic rings. The Bertz CT molecular complexity index is 496. The highest BCUT2D eigenvalue weighted by Gasteiger charge is 2.52. The number of imide groups is 1. The maximum absolute atomic E-state index is 12.6. The summed E-state index contributed by atoms with van der Waals surface area (Å²) in [6.07, 6.45) is 6.44. The Kier molecular flexibility index (Phi) is 4.57. The zero-order valence-corrected chi connectivity index (χ0v) is 13.7. The third-order valence-electron chi connectivity index (χ3n) is 5.40. The topological polar surface area (TPSA) is 79.0 Å². The van der Waals surface area contributed by atoms with Gasteiger partial charge in [-0.25, -0.2) is 4.79 Å². The van der Waals surface area contributed by atoms with E-state index in [4.69, 9.17) is 4.74 Å². The van der Waals surface area contributed by atoms with Crippen LogP contribution < -0.4 is 5.32 Å². The number of urea groups is 1. The molecule has 128 valence electrons. The molecule has 3 fully saturated rings. The number of carbonyl (C=O) groups excluding carboxylic acids is 3. The average molecular weight is 323 g/mol. The first-order valence-electron chi connectivity index (χ1n) is 8.51. The molecule has 2 heterocycles. The van der Waals surface area contributed by atoms with Gasteiger partial charge in [0.05, 0.1) is 0 Å². The highest BCUT2D eigenvalue weighted by atomic mass is 16.5. The average Bonchev–Trinajstić information content (AvgIpc) is 2.80. The van der Waals surface area contributed by atoms with Gasteiger partial charge in [-0.3, -0.25) is 14.5 Å². The van der Waals surface area contributed by atoms with Gasteiger partial charge < -0.3 is 15.0 Å². The Morgan fingerprint density at radius 1 is 1.26 bits per heavy atom. The standard InChI is InChI=1S/C16H25N3O4/c1-18(12-5-3-2-4-6-12)13(20)11-19-14(21)16(17-15(19)22)7-9-23-10-8-16/h12H,2-11H2,1H3,(H,17,22). The van der Waals surface area contributed by atoms with Gasteiger partial charge in [-0.2, -0.15) is 0 Å². The maximum atomic E-state index is 12.6. The molecule has 3 rings (SSSR count). The van der Waals surface area contributed by atoms with E-state index in [2.05, 4.69) is 5.32 Å². The predicted octanol–water partition coefficient (Wildman–Crippen LogP) is 0.878. The number of nitrogens with one attached hydrogen (secondary N) is 1. The third kappa shape index (κ3) is 3.06. The molecule has 4 amide bonds. The first-order chi connectivity index (χ1) is 11.0. The van der Waals surface area contributed by atoms with Crippen molar-refractivity contribution in [2.24, 2.45) is 0 Å². The van der Waals surface area contributed by atoms with Crippen LogP contribution in [0.15, 0.2) is 0 Å². The molecule has 7 nitrogen and oxygen atoms in total. The molecule has 0 aromatic carbocycles. The molecule has 0 aromatic heterocycles. The largest absolute Gasteiger partial charge is 0.381 e. The van der Waals surface area contributed by atoms with Gasteiger partial charge in [0.15, 0.2) is 0 Å². The van der Waals surface area contributed by atoms with Crippen molar-refractivity contribution in [3.05, 3.63) is 0 Å². The Balaban J connectivity index is 1.63. The van der Waals surface area contributed by atoms with Gasteiger partial charge in [0.1, 0.15) is 12.1 Å². The van der Waals surface area contributed by atoms with Crippen LogP contribution in [-0.2, 0) is 14.3 Å². The van der Waals surface area contributed by atoms with E-state index in [0.717, 1.165) is 30.6 Å². The van der Waals surface area contributed by atoms with Gasteiger partial charge in [-0.05, 0) is 12.8 Å². The fourth-order valence-corrected chi connectivity index (χ4v) is 3.80. The van der Waals surface area contributed by atoms with Crippen molar-refractivity contribution in [3.8, 4) is 0 Å². The van der Waals surface area contributed by atoms with Crippen LogP contribution in [0.1, 0.15) is 44.9 Å². The summed E-state index contributed by atoms with van der Waals surface area (Å²) in [6, 6.07) is -0.226. The number of hydrogen-bond donors (Lipinski definition) is 1. The molecule has 0 bridgehead atoms. The van der Waals surface area contributed by atoms with Crippen LogP contribution >= 0.6 is 0 Å². The molecule has 1 N–H and O–H groups in total. The van der Waals surface area contributed by atoms with Crippen LogP contribution in [0.25, 0.3) is 0 Å². The van der Waals surface area contributed by atoms with E-state index in [1.165, 1.54) is 6.42 Å². The van der Waals surface area contributed by atoms with E-state index < -0.39 is 11.6 Å². The van der Waals surface area contributed by atoms with Crippen molar-refractivity contribution in [1.82, 2.24) is 15.1 Å². The molecule has 0 unspecified atom stereocenters. The molecule has 0 atom stereocenters. The zero-order valence-electron chi connectivity index (χ0n) is 13.7. The first-order valence-corrected chi connectivity index (χ1v) is 8.51. The zero-order chi connectivity index (χ0) is 16.4. The Morgan fingerprint density at radius 3 is 2.57 bits per heavy atom. The van der Waals surface area contributed by atoms with Gasteiger partial charge in [-0.1, -0.05) is 19.3 Å². The molecule has 2 saturated heterocycles. The lowest BCUT2D eigenvalue weighted by Crippen LogP contribution is -2.51. The predicted molar refractivity (Wildman–Crippen MR) is 82.7 cm³/mol. The van der Waals surface area contributed by atoms with E-state index in [-0.39, 0.29) is 24.4 Å². The second kappa shape index (κ2) is 6.47. The molecule has 23 heavy (non-hydrogen) atoms. The van der Waals surface area contributed by atoms with Crippen molar-refractivity contribution in [2.45, 2.75) is 56.5 Å². The lowest BCUT2D eigenvalue weighted by Gasteiger charge is -2.32. The van der Waals surface area contributed by atoms with Gasteiger partial charge in [0.2, 0.25) is 5.91 Å². The second-order valence-corrected chi connectivity index (χ2v) is 6.81. The Hall–Kier alpha value is -1.63. The van der Waals surface area contributed by atoms with Crippen molar-refractivity contribution in [2.75, 3.05) is 26.8 Å². The van der Waals surface area contributed by atoms with Crippen LogP contribution in [0.4, 0.5) is 4.79 Å². The molecular formula is C16H25N3O4. The lowest BCUT2D eigenvalue weighted by atomic mass is 9.90. The monoisotopic (exact) mass is 323 g/mol. The van der Waals surface area contributed by atoms with E-state index in [0.29, 0.717) is 26.1 Å². The van der Waals surface area contributed by atoms with Gasteiger partial charge >= 0.3 is 6.03 Å². The Morgan fingerprint density at radius 2 is 1.91 bits per heavy atom. The van der Waals surface area contributed by atoms with Crippen molar-refractivity contribution in [3.63, 3.8) is 0 Å². The van der Waals surface area contributed by atoms with Crippen LogP contribution in [-0.4, -0.2) is 66.0 Å². The summed E-state index contributed by atoms with van der Waals surface area (Å²) in [5.41, 5.74) is -0.862. The van der Waals surface area contributed by atoms with E-state index >= 15 is 0 Å². The number of amides is 4. The van der Waals surface area contributed by atoms with Crippen LogP contribution in [0.3, 0.4) is 0 Å². The van der Waals surface area contributed by atoms with Crippen molar-refractivity contribution >= 4 is 17.8 Å². The fraction of sp³-hybridized carbons (Fsp3) is 0.812. The number of nitrogens with zero attached hydrogens (tertiary/aromatic N) is 2. The van der Waals surface area contributed by atoms with Crippen molar-refractivity contribution < 1.29 is 19.1 Å². The third-order valence-corrected chi connectivity index (χ3v) is 5.40. The highest BCUT2D eigenvalue weighted by molar-refractivity contribution is 6.09. The summed E-state index contributed by atoms with van der Waals surface area (Å²) < 4.78 is 5.28. The van der Waals surface area contributed by atoms with Crippen LogP contribution in [0.5, 0.6) is 0 Å². The number of carbonyl (C=O) groups is 3. The summed E-state index contributed by atoms with van der Waals surface area (Å²) in [7, 11) is 1.78. The summed E-state index contributed by atoms with van der Waals surface area (Å²) in [5, 5.41) is 2.78. The van der Waals surface area contributed by atoms with Gasteiger partial charge in [-0.15, -0.1) is 0 Å². The van der Waals surface area contributed by atoms with Crippen LogP contribution in [0, 0.1) is 0 Å². The second-order valence-electron chi connectivity index (χ2n) is 6.81. The summed E-state index contributed by atoms with van der Waals surface area (Å²) in [4.78, 5) is 40.1. The smallest absolute Gasteiger partial charge is 0.325 e. The van der Waals surface area contributed by atoms with E-state index in [9.17, 15) is 14.4 Å². The minimum atomic E-state index is -0.862. The minimum Gasteiger partial charge on any atom is -0.381 e. The van der Waals surface area contributed by atoms with Gasteiger partial charge in [0.25, 0.3) is 5.91 Å². The number of likely N-dealkylation sites (N-methyl/N-ethyl adjacent to an activating group) is 1. The molecule has 1 aliphatic carbocycles. The number of rotatable bonds is 3. The molecule has 1 spiro atoms. The van der Waals surface area contributed by atoms with E-state index in [1.54, 1.807) is 11.9 Å². The van der Waals surface area contributed by atoms with Crippen LogP contribution in [0.2, 0.25) is 0 Å². The highest BCUT2D eigenvalue weighted by Crippen LogP contribution is 2.28. The normalized spacial score (nSPS) is 24.8. The minimum absolute atomic E-state index is 0.162. The van der Waals surface area contributed by atoms with E-state index in [1.807, 2.05) is 0 Å². The number of hydrogen-bond acceptors (Lipinski definition) is 4. The maximum Gasteiger partial charge on any atom is 0.325 e. The first kappa shape index (κ1) is 16.2. The number of ether oxygens (including phenoxy) is 1.